The molecule has 0 unspecified atom stereocenters. The van der Waals surface area contributed by atoms with Gasteiger partial charge in [-0.3, -0.25) is 14.7 Å². The molecular formula is C33H35F3N6O. The minimum absolute atomic E-state index is 0.0306. The molecule has 0 N–H and O–H groups in total. The van der Waals surface area contributed by atoms with Gasteiger partial charge in [0.1, 0.15) is 12.2 Å². The Kier molecular flexibility index (Phi) is 6.61. The molecule has 2 aromatic heterocycles. The summed E-state index contributed by atoms with van der Waals surface area (Å²) in [4.78, 5) is 22.4. The number of hydrogen-bond donors (Lipinski definition) is 0. The average Bonchev–Trinajstić information content (AvgIpc) is 3.52. The SMILES string of the molecule is CC1CC(c2cc(N3Cc4c(cc(CN5CCC[C@H](C)C5)cc4C(F)(F)F)C3=O)c3ncccc3c2)(c2nncn2C)C1. The number of nitrogens with zero attached hydrogens (tertiary/aromatic N) is 6. The minimum Gasteiger partial charge on any atom is -0.320 e. The Morgan fingerprint density at radius 1 is 1.09 bits per heavy atom. The zero-order chi connectivity index (χ0) is 30.1. The van der Waals surface area contributed by atoms with E-state index in [2.05, 4.69) is 40.0 Å². The van der Waals surface area contributed by atoms with E-state index in [1.165, 1.54) is 11.0 Å². The van der Waals surface area contributed by atoms with E-state index in [0.29, 0.717) is 35.1 Å². The molecule has 4 heterocycles. The van der Waals surface area contributed by atoms with Crippen molar-refractivity contribution in [3.8, 4) is 0 Å². The summed E-state index contributed by atoms with van der Waals surface area (Å²) in [5.41, 5.74) is 1.63. The van der Waals surface area contributed by atoms with Gasteiger partial charge in [0.05, 0.1) is 28.7 Å². The maximum atomic E-state index is 14.5. The second-order valence-corrected chi connectivity index (χ2v) is 13.0. The number of rotatable bonds is 5. The van der Waals surface area contributed by atoms with E-state index < -0.39 is 23.1 Å². The first-order valence-electron chi connectivity index (χ1n) is 15.0. The second kappa shape index (κ2) is 10.1. The predicted molar refractivity (Wildman–Crippen MR) is 158 cm³/mol. The van der Waals surface area contributed by atoms with E-state index >= 15 is 0 Å². The number of pyridine rings is 1. The molecule has 2 aliphatic heterocycles. The van der Waals surface area contributed by atoms with Gasteiger partial charge in [-0.15, -0.1) is 10.2 Å². The third-order valence-electron chi connectivity index (χ3n) is 9.62. The van der Waals surface area contributed by atoms with Crippen LogP contribution in [0.5, 0.6) is 0 Å². The van der Waals surface area contributed by atoms with Crippen molar-refractivity contribution in [2.24, 2.45) is 18.9 Å². The molecule has 4 aromatic rings. The summed E-state index contributed by atoms with van der Waals surface area (Å²) in [6.07, 6.45) is 2.62. The van der Waals surface area contributed by atoms with Gasteiger partial charge in [0, 0.05) is 37.3 Å². The molecule has 1 atom stereocenters. The van der Waals surface area contributed by atoms with Crippen LogP contribution in [0.25, 0.3) is 10.9 Å². The molecule has 7 rings (SSSR count). The molecule has 224 valence electrons. The number of halogens is 3. The lowest BCUT2D eigenvalue weighted by Crippen LogP contribution is -2.43. The van der Waals surface area contributed by atoms with Crippen molar-refractivity contribution in [1.82, 2.24) is 24.6 Å². The van der Waals surface area contributed by atoms with Crippen molar-refractivity contribution < 1.29 is 18.0 Å². The zero-order valence-electron chi connectivity index (χ0n) is 24.7. The third kappa shape index (κ3) is 4.70. The Morgan fingerprint density at radius 2 is 1.91 bits per heavy atom. The number of carbonyl (C=O) groups excluding carboxylic acids is 1. The number of anilines is 1. The molecule has 10 heteroatoms. The lowest BCUT2D eigenvalue weighted by Gasteiger charge is -2.46. The molecule has 0 bridgehead atoms. The molecule has 7 nitrogen and oxygen atoms in total. The number of aromatic nitrogens is 4. The Morgan fingerprint density at radius 3 is 2.60 bits per heavy atom. The van der Waals surface area contributed by atoms with Gasteiger partial charge in [-0.05, 0) is 91.1 Å². The molecule has 43 heavy (non-hydrogen) atoms. The van der Waals surface area contributed by atoms with E-state index in [9.17, 15) is 18.0 Å². The summed E-state index contributed by atoms with van der Waals surface area (Å²) in [7, 11) is 1.92. The molecule has 0 radical (unpaired) electrons. The van der Waals surface area contributed by atoms with Crippen LogP contribution in [0.2, 0.25) is 0 Å². The van der Waals surface area contributed by atoms with Crippen molar-refractivity contribution in [2.45, 2.75) is 64.2 Å². The van der Waals surface area contributed by atoms with Gasteiger partial charge < -0.3 is 9.47 Å². The van der Waals surface area contributed by atoms with Crippen molar-refractivity contribution in [1.29, 1.82) is 0 Å². The summed E-state index contributed by atoms with van der Waals surface area (Å²) in [6.45, 7) is 6.29. The minimum atomic E-state index is -4.58. The average molecular weight is 589 g/mol. The highest BCUT2D eigenvalue weighted by Gasteiger charge is 2.49. The fourth-order valence-corrected chi connectivity index (χ4v) is 7.74. The van der Waals surface area contributed by atoms with Gasteiger partial charge in [0.15, 0.2) is 0 Å². The number of carbonyl (C=O) groups is 1. The summed E-state index contributed by atoms with van der Waals surface area (Å²) < 4.78 is 45.4. The number of fused-ring (bicyclic) bond motifs is 2. The Bertz CT molecular complexity index is 1720. The van der Waals surface area contributed by atoms with Crippen molar-refractivity contribution in [2.75, 3.05) is 18.0 Å². The third-order valence-corrected chi connectivity index (χ3v) is 9.62. The largest absolute Gasteiger partial charge is 0.416 e. The van der Waals surface area contributed by atoms with Gasteiger partial charge >= 0.3 is 6.18 Å². The molecule has 1 saturated heterocycles. The number of benzene rings is 2. The van der Waals surface area contributed by atoms with Crippen LogP contribution in [-0.4, -0.2) is 43.6 Å². The number of piperidine rings is 1. The summed E-state index contributed by atoms with van der Waals surface area (Å²) >= 11 is 0. The van der Waals surface area contributed by atoms with Crippen LogP contribution in [-0.2, 0) is 31.7 Å². The zero-order valence-corrected chi connectivity index (χ0v) is 24.7. The summed E-state index contributed by atoms with van der Waals surface area (Å²) in [6, 6.07) is 10.7. The maximum absolute atomic E-state index is 14.5. The normalized spacial score (nSPS) is 24.4. The van der Waals surface area contributed by atoms with E-state index in [0.717, 1.165) is 55.5 Å². The number of amides is 1. The first kappa shape index (κ1) is 28.0. The second-order valence-electron chi connectivity index (χ2n) is 13.0. The Labute approximate surface area is 248 Å². The molecular weight excluding hydrogens is 553 g/mol. The highest BCUT2D eigenvalue weighted by molar-refractivity contribution is 6.13. The van der Waals surface area contributed by atoms with E-state index in [1.807, 2.05) is 29.8 Å². The van der Waals surface area contributed by atoms with Crippen LogP contribution in [0.4, 0.5) is 18.9 Å². The van der Waals surface area contributed by atoms with Crippen LogP contribution in [0.3, 0.4) is 0 Å². The summed E-state index contributed by atoms with van der Waals surface area (Å²) in [5, 5.41) is 9.43. The predicted octanol–water partition coefficient (Wildman–Crippen LogP) is 6.49. The quantitative estimate of drug-likeness (QED) is 0.267. The molecule has 1 saturated carbocycles. The highest BCUT2D eigenvalue weighted by Crippen LogP contribution is 2.53. The Balaban J connectivity index is 1.33. The fraction of sp³-hybridized carbons (Fsp3) is 0.455. The highest BCUT2D eigenvalue weighted by atomic mass is 19.4. The smallest absolute Gasteiger partial charge is 0.320 e. The van der Waals surface area contributed by atoms with Crippen LogP contribution < -0.4 is 4.90 Å². The van der Waals surface area contributed by atoms with Crippen molar-refractivity contribution >= 4 is 22.5 Å². The molecule has 3 aliphatic rings. The van der Waals surface area contributed by atoms with Crippen LogP contribution >= 0.6 is 0 Å². The number of hydrogen-bond acceptors (Lipinski definition) is 5. The lowest BCUT2D eigenvalue weighted by molar-refractivity contribution is -0.138. The first-order chi connectivity index (χ1) is 20.5. The van der Waals surface area contributed by atoms with E-state index in [4.69, 9.17) is 0 Å². The van der Waals surface area contributed by atoms with Gasteiger partial charge in [-0.2, -0.15) is 13.2 Å². The first-order valence-corrected chi connectivity index (χ1v) is 15.0. The number of alkyl halides is 3. The summed E-state index contributed by atoms with van der Waals surface area (Å²) in [5.74, 6) is 1.39. The number of likely N-dealkylation sites (tertiary alicyclic amines) is 1. The fourth-order valence-electron chi connectivity index (χ4n) is 7.74. The van der Waals surface area contributed by atoms with Gasteiger partial charge in [-0.1, -0.05) is 19.9 Å². The lowest BCUT2D eigenvalue weighted by atomic mass is 9.58. The number of aryl methyl sites for hydroxylation is 1. The molecule has 1 amide bonds. The van der Waals surface area contributed by atoms with E-state index in [1.54, 1.807) is 18.6 Å². The van der Waals surface area contributed by atoms with Gasteiger partial charge in [0.2, 0.25) is 0 Å². The topological polar surface area (TPSA) is 67.2 Å². The molecule has 1 aliphatic carbocycles. The van der Waals surface area contributed by atoms with Crippen molar-refractivity contribution in [3.05, 3.63) is 82.6 Å². The van der Waals surface area contributed by atoms with Crippen LogP contribution in [0, 0.1) is 11.8 Å². The van der Waals surface area contributed by atoms with Gasteiger partial charge in [0.25, 0.3) is 5.91 Å². The molecule has 2 aromatic carbocycles. The Hall–Kier alpha value is -3.79. The van der Waals surface area contributed by atoms with Crippen LogP contribution in [0.15, 0.2) is 48.9 Å². The van der Waals surface area contributed by atoms with Crippen molar-refractivity contribution in [3.63, 3.8) is 0 Å². The molecule has 0 spiro atoms. The van der Waals surface area contributed by atoms with Gasteiger partial charge in [-0.25, -0.2) is 0 Å². The standard InChI is InChI=1S/C33H35F3N6O/c1-20-6-5-9-41(16-20)17-22-10-25-26(27(11-22)33(34,35)36)18-42(30(25)43)28-13-24(12-23-7-4-8-37-29(23)28)32(14-21(2)15-32)31-39-38-19-40(31)3/h4,7-8,10-13,19-21H,5-6,9,14-18H2,1-3H3/t20-,21?,32?/m0/s1. The maximum Gasteiger partial charge on any atom is 0.416 e. The van der Waals surface area contributed by atoms with Crippen LogP contribution in [0.1, 0.15) is 78.0 Å². The molecule has 2 fully saturated rings. The van der Waals surface area contributed by atoms with E-state index in [-0.39, 0.29) is 17.7 Å². The monoisotopic (exact) mass is 588 g/mol.